The number of thiophene rings is 1. The molecule has 0 aliphatic carbocycles. The van der Waals surface area contributed by atoms with Gasteiger partial charge in [0, 0.05) is 6.54 Å². The first-order chi connectivity index (χ1) is 10.2. The Morgan fingerprint density at radius 2 is 2.00 bits per heavy atom. The normalized spacial score (nSPS) is 17.9. The third-order valence-electron chi connectivity index (χ3n) is 3.04. The summed E-state index contributed by atoms with van der Waals surface area (Å²) in [7, 11) is -3.57. The highest BCUT2D eigenvalue weighted by Gasteiger charge is 2.25. The lowest BCUT2D eigenvalue weighted by atomic mass is 10.1. The second-order valence-electron chi connectivity index (χ2n) is 5.19. The van der Waals surface area contributed by atoms with Crippen LogP contribution in [0.15, 0.2) is 15.7 Å². The first kappa shape index (κ1) is 19.5. The molecule has 0 saturated heterocycles. The van der Waals surface area contributed by atoms with Crippen molar-refractivity contribution in [3.63, 3.8) is 0 Å². The Labute approximate surface area is 134 Å². The Kier molecular flexibility index (Phi) is 7.39. The Morgan fingerprint density at radius 3 is 2.50 bits per heavy atom. The number of nitrogens with one attached hydrogen (secondary N) is 1. The Bertz CT molecular complexity index is 559. The van der Waals surface area contributed by atoms with Crippen molar-refractivity contribution in [3.8, 4) is 0 Å². The third kappa shape index (κ3) is 5.58. The maximum Gasteiger partial charge on any atom is 0.250 e. The van der Waals surface area contributed by atoms with Gasteiger partial charge in [-0.3, -0.25) is 0 Å². The van der Waals surface area contributed by atoms with Crippen molar-refractivity contribution in [2.24, 2.45) is 0 Å². The van der Waals surface area contributed by atoms with E-state index < -0.39 is 41.0 Å². The Hall–Kier alpha value is -0.550. The van der Waals surface area contributed by atoms with Crippen LogP contribution in [0.3, 0.4) is 0 Å². The largest absolute Gasteiger partial charge is 0.394 e. The van der Waals surface area contributed by atoms with Crippen molar-refractivity contribution in [3.05, 3.63) is 17.0 Å². The topological polar surface area (TPSA) is 116 Å². The molecule has 9 heteroatoms. The number of aryl methyl sites for hydroxylation is 1. The van der Waals surface area contributed by atoms with Crippen molar-refractivity contribution < 1.29 is 28.5 Å². The summed E-state index contributed by atoms with van der Waals surface area (Å²) in [5.74, 6) is 0. The van der Waals surface area contributed by atoms with E-state index in [0.717, 1.165) is 16.9 Å². The molecule has 128 valence electrons. The zero-order chi connectivity index (χ0) is 16.9. The molecule has 0 bridgehead atoms. The Morgan fingerprint density at radius 1 is 1.36 bits per heavy atom. The van der Waals surface area contributed by atoms with E-state index in [0.29, 0.717) is 0 Å². The van der Waals surface area contributed by atoms with Crippen LogP contribution in [0.4, 0.5) is 0 Å². The van der Waals surface area contributed by atoms with Gasteiger partial charge in [0.15, 0.2) is 0 Å². The van der Waals surface area contributed by atoms with E-state index in [1.807, 2.05) is 6.92 Å². The maximum atomic E-state index is 12.0. The molecule has 1 aromatic heterocycles. The average Bonchev–Trinajstić information content (AvgIpc) is 2.91. The van der Waals surface area contributed by atoms with E-state index in [9.17, 15) is 18.6 Å². The first-order valence-corrected chi connectivity index (χ1v) is 9.21. The maximum absolute atomic E-state index is 12.0. The fourth-order valence-corrected chi connectivity index (χ4v) is 4.15. The molecule has 1 heterocycles. The van der Waals surface area contributed by atoms with Crippen LogP contribution in [-0.4, -0.2) is 61.3 Å². The van der Waals surface area contributed by atoms with Crippen LogP contribution in [-0.2, 0) is 14.8 Å². The zero-order valence-electron chi connectivity index (χ0n) is 12.8. The standard InChI is InChI=1S/C13H23NO6S2/c1-8-4-12(21-7-8)22(18,19)14-5-9(2)20-10(3)13(17)11(16)6-15/h4,7,9-11,13-17H,5-6H2,1-3H3/t9-,10?,11+,13?/m0/s1. The lowest BCUT2D eigenvalue weighted by Crippen LogP contribution is -2.42. The van der Waals surface area contributed by atoms with E-state index in [1.165, 1.54) is 6.92 Å². The predicted molar refractivity (Wildman–Crippen MR) is 83.4 cm³/mol. The van der Waals surface area contributed by atoms with Crippen LogP contribution >= 0.6 is 11.3 Å². The van der Waals surface area contributed by atoms with E-state index in [4.69, 9.17) is 9.84 Å². The fourth-order valence-electron chi connectivity index (χ4n) is 1.76. The van der Waals surface area contributed by atoms with Gasteiger partial charge in [0.2, 0.25) is 10.0 Å². The number of aliphatic hydroxyl groups is 3. The van der Waals surface area contributed by atoms with E-state index in [1.54, 1.807) is 18.4 Å². The summed E-state index contributed by atoms with van der Waals surface area (Å²) in [6, 6.07) is 1.59. The minimum atomic E-state index is -3.57. The molecule has 1 aromatic rings. The van der Waals surface area contributed by atoms with Gasteiger partial charge in [-0.05, 0) is 37.8 Å². The highest BCUT2D eigenvalue weighted by Crippen LogP contribution is 2.19. The summed E-state index contributed by atoms with van der Waals surface area (Å²) in [5, 5.41) is 29.5. The highest BCUT2D eigenvalue weighted by atomic mass is 32.2. The number of hydrogen-bond acceptors (Lipinski definition) is 7. The molecule has 0 aliphatic rings. The molecule has 4 N–H and O–H groups in total. The summed E-state index contributed by atoms with van der Waals surface area (Å²) >= 11 is 1.14. The van der Waals surface area contributed by atoms with Gasteiger partial charge < -0.3 is 20.1 Å². The third-order valence-corrected chi connectivity index (χ3v) is 6.02. The minimum Gasteiger partial charge on any atom is -0.394 e. The van der Waals surface area contributed by atoms with Gasteiger partial charge >= 0.3 is 0 Å². The highest BCUT2D eigenvalue weighted by molar-refractivity contribution is 7.91. The molecule has 1 rings (SSSR count). The van der Waals surface area contributed by atoms with Crippen LogP contribution < -0.4 is 4.72 Å². The van der Waals surface area contributed by atoms with Gasteiger partial charge in [-0.1, -0.05) is 0 Å². The Balaban J connectivity index is 2.50. The predicted octanol–water partition coefficient (Wildman–Crippen LogP) is -0.157. The van der Waals surface area contributed by atoms with Crippen molar-refractivity contribution in [1.29, 1.82) is 0 Å². The summed E-state index contributed by atoms with van der Waals surface area (Å²) in [6.07, 6.45) is -3.80. The SMILES string of the molecule is Cc1csc(S(=O)(=O)NC[C@H](C)OC(C)C(O)[C@H](O)CO)c1. The number of rotatable bonds is 9. The molecule has 0 spiro atoms. The molecule has 0 amide bonds. The van der Waals surface area contributed by atoms with Crippen LogP contribution in [0.5, 0.6) is 0 Å². The lowest BCUT2D eigenvalue weighted by Gasteiger charge is -2.26. The molecule has 0 aromatic carbocycles. The summed E-state index contributed by atoms with van der Waals surface area (Å²) in [4.78, 5) is 0. The van der Waals surface area contributed by atoms with Gasteiger partial charge in [0.25, 0.3) is 0 Å². The second-order valence-corrected chi connectivity index (χ2v) is 8.09. The minimum absolute atomic E-state index is 0.0333. The van der Waals surface area contributed by atoms with Crippen LogP contribution in [0.25, 0.3) is 0 Å². The van der Waals surface area contributed by atoms with E-state index >= 15 is 0 Å². The summed E-state index contributed by atoms with van der Waals surface area (Å²) in [6.45, 7) is 4.46. The van der Waals surface area contributed by atoms with Crippen LogP contribution in [0, 0.1) is 6.92 Å². The number of ether oxygens (including phenoxy) is 1. The fraction of sp³-hybridized carbons (Fsp3) is 0.692. The molecule has 0 radical (unpaired) electrons. The summed E-state index contributed by atoms with van der Waals surface area (Å²) in [5.41, 5.74) is 0.879. The zero-order valence-corrected chi connectivity index (χ0v) is 14.4. The molecule has 0 aliphatic heterocycles. The van der Waals surface area contributed by atoms with Crippen molar-refractivity contribution in [2.75, 3.05) is 13.2 Å². The van der Waals surface area contributed by atoms with E-state index in [-0.39, 0.29) is 10.8 Å². The monoisotopic (exact) mass is 353 g/mol. The van der Waals surface area contributed by atoms with Crippen molar-refractivity contribution >= 4 is 21.4 Å². The average molecular weight is 353 g/mol. The second kappa shape index (κ2) is 8.34. The smallest absolute Gasteiger partial charge is 0.250 e. The lowest BCUT2D eigenvalue weighted by molar-refractivity contribution is -0.111. The molecule has 4 atom stereocenters. The number of aliphatic hydroxyl groups excluding tert-OH is 3. The molecule has 0 saturated carbocycles. The van der Waals surface area contributed by atoms with Crippen LogP contribution in [0.1, 0.15) is 19.4 Å². The van der Waals surface area contributed by atoms with E-state index in [2.05, 4.69) is 4.72 Å². The number of hydrogen-bond donors (Lipinski definition) is 4. The van der Waals surface area contributed by atoms with Crippen molar-refractivity contribution in [2.45, 2.75) is 49.4 Å². The van der Waals surface area contributed by atoms with Gasteiger partial charge in [-0.2, -0.15) is 0 Å². The van der Waals surface area contributed by atoms with Gasteiger partial charge in [0.1, 0.15) is 16.4 Å². The van der Waals surface area contributed by atoms with Gasteiger partial charge in [-0.25, -0.2) is 13.1 Å². The molecule has 2 unspecified atom stereocenters. The molecule has 0 fully saturated rings. The molecule has 22 heavy (non-hydrogen) atoms. The van der Waals surface area contributed by atoms with Crippen molar-refractivity contribution in [1.82, 2.24) is 4.72 Å². The quantitative estimate of drug-likeness (QED) is 0.490. The molecule has 7 nitrogen and oxygen atoms in total. The first-order valence-electron chi connectivity index (χ1n) is 6.84. The van der Waals surface area contributed by atoms with Gasteiger partial charge in [-0.15, -0.1) is 11.3 Å². The molecular weight excluding hydrogens is 330 g/mol. The summed E-state index contributed by atoms with van der Waals surface area (Å²) < 4.78 is 32.2. The van der Waals surface area contributed by atoms with Gasteiger partial charge in [0.05, 0.1) is 18.8 Å². The van der Waals surface area contributed by atoms with Crippen LogP contribution in [0.2, 0.25) is 0 Å². The molecular formula is C13H23NO6S2. The number of sulfonamides is 1.